The van der Waals surface area contributed by atoms with E-state index in [2.05, 4.69) is 35.2 Å². The molecule has 0 saturated carbocycles. The van der Waals surface area contributed by atoms with Crippen molar-refractivity contribution in [1.29, 1.82) is 0 Å². The summed E-state index contributed by atoms with van der Waals surface area (Å²) in [6.45, 7) is 4.25. The number of hydrogen-bond donors (Lipinski definition) is 1. The summed E-state index contributed by atoms with van der Waals surface area (Å²) in [7, 11) is 4.76. The molecule has 30 heavy (non-hydrogen) atoms. The lowest BCUT2D eigenvalue weighted by Gasteiger charge is -2.14. The van der Waals surface area contributed by atoms with Gasteiger partial charge in [-0.25, -0.2) is 15.0 Å². The van der Waals surface area contributed by atoms with Gasteiger partial charge in [0.05, 0.1) is 38.9 Å². The highest BCUT2D eigenvalue weighted by atomic mass is 32.1. The molecule has 0 saturated heterocycles. The molecule has 0 amide bonds. The number of aromatic nitrogens is 4. The second kappa shape index (κ2) is 8.19. The zero-order chi connectivity index (χ0) is 21.3. The molecule has 0 aliphatic rings. The summed E-state index contributed by atoms with van der Waals surface area (Å²) in [5.41, 5.74) is 1.84. The Hall–Kier alpha value is -3.33. The Labute approximate surface area is 178 Å². The fourth-order valence-electron chi connectivity index (χ4n) is 3.23. The van der Waals surface area contributed by atoms with Crippen molar-refractivity contribution in [2.75, 3.05) is 26.6 Å². The highest BCUT2D eigenvalue weighted by Gasteiger charge is 2.16. The van der Waals surface area contributed by atoms with Gasteiger partial charge in [0.2, 0.25) is 11.7 Å². The van der Waals surface area contributed by atoms with E-state index >= 15 is 0 Å². The molecule has 8 nitrogen and oxygen atoms in total. The van der Waals surface area contributed by atoms with Gasteiger partial charge in [-0.3, -0.25) is 0 Å². The van der Waals surface area contributed by atoms with Gasteiger partial charge in [-0.15, -0.1) is 11.3 Å². The monoisotopic (exact) mass is 425 g/mol. The van der Waals surface area contributed by atoms with Crippen LogP contribution in [0.3, 0.4) is 0 Å². The number of ether oxygens (including phenoxy) is 3. The zero-order valence-corrected chi connectivity index (χ0v) is 18.3. The standard InChI is InChI=1S/C21H23N5O3S/c1-12(2)18-14-6-7-30-20(14)25-21(24-18)23-17-10-26(11-22-17)13-8-15(27-3)19(29-5)16(9-13)28-4/h6-12H,1-5H3,(H,23,24,25). The van der Waals surface area contributed by atoms with Gasteiger partial charge in [-0.1, -0.05) is 13.8 Å². The highest BCUT2D eigenvalue weighted by molar-refractivity contribution is 7.16. The van der Waals surface area contributed by atoms with Crippen molar-refractivity contribution in [2.45, 2.75) is 19.8 Å². The first-order chi connectivity index (χ1) is 14.5. The van der Waals surface area contributed by atoms with Crippen molar-refractivity contribution in [1.82, 2.24) is 19.5 Å². The van der Waals surface area contributed by atoms with Crippen LogP contribution in [0.5, 0.6) is 17.2 Å². The van der Waals surface area contributed by atoms with Crippen LogP contribution >= 0.6 is 11.3 Å². The van der Waals surface area contributed by atoms with Crippen molar-refractivity contribution in [3.8, 4) is 22.9 Å². The lowest BCUT2D eigenvalue weighted by atomic mass is 10.1. The van der Waals surface area contributed by atoms with Gasteiger partial charge in [0, 0.05) is 17.5 Å². The van der Waals surface area contributed by atoms with E-state index in [0.29, 0.717) is 34.9 Å². The molecule has 0 aliphatic heterocycles. The zero-order valence-electron chi connectivity index (χ0n) is 17.5. The van der Waals surface area contributed by atoms with Gasteiger partial charge in [0.1, 0.15) is 11.2 Å². The first-order valence-electron chi connectivity index (χ1n) is 9.40. The van der Waals surface area contributed by atoms with E-state index in [0.717, 1.165) is 21.6 Å². The molecule has 0 atom stereocenters. The Morgan fingerprint density at radius 1 is 1.03 bits per heavy atom. The molecular formula is C21H23N5O3S. The summed E-state index contributed by atoms with van der Waals surface area (Å²) in [6.07, 6.45) is 3.56. The van der Waals surface area contributed by atoms with E-state index in [1.165, 1.54) is 0 Å². The number of nitrogens with zero attached hydrogens (tertiary/aromatic N) is 4. The van der Waals surface area contributed by atoms with Crippen LogP contribution in [0.15, 0.2) is 36.1 Å². The molecule has 0 unspecified atom stereocenters. The van der Waals surface area contributed by atoms with Gasteiger partial charge in [-0.05, 0) is 17.4 Å². The van der Waals surface area contributed by atoms with Crippen LogP contribution in [-0.2, 0) is 0 Å². The lowest BCUT2D eigenvalue weighted by molar-refractivity contribution is 0.324. The van der Waals surface area contributed by atoms with Crippen molar-refractivity contribution in [3.63, 3.8) is 0 Å². The molecule has 9 heteroatoms. The molecular weight excluding hydrogens is 402 g/mol. The van der Waals surface area contributed by atoms with Crippen molar-refractivity contribution in [2.24, 2.45) is 0 Å². The minimum absolute atomic E-state index is 0.294. The van der Waals surface area contributed by atoms with Crippen LogP contribution in [0.25, 0.3) is 15.9 Å². The van der Waals surface area contributed by atoms with E-state index in [-0.39, 0.29) is 0 Å². The fraction of sp³-hybridized carbons (Fsp3) is 0.286. The lowest BCUT2D eigenvalue weighted by Crippen LogP contribution is -2.02. The topological polar surface area (TPSA) is 83.3 Å². The van der Waals surface area contributed by atoms with Gasteiger partial charge in [0.15, 0.2) is 17.3 Å². The number of imidazole rings is 1. The van der Waals surface area contributed by atoms with Crippen LogP contribution in [0.2, 0.25) is 0 Å². The summed E-state index contributed by atoms with van der Waals surface area (Å²) in [5.74, 6) is 3.15. The first kappa shape index (κ1) is 20.0. The molecule has 0 aliphatic carbocycles. The number of benzene rings is 1. The number of hydrogen-bond acceptors (Lipinski definition) is 8. The van der Waals surface area contributed by atoms with Crippen LogP contribution in [0.1, 0.15) is 25.5 Å². The third kappa shape index (κ3) is 3.63. The molecule has 3 heterocycles. The molecule has 4 aromatic rings. The SMILES string of the molecule is COc1cc(-n2cnc(Nc3nc(C(C)C)c4ccsc4n3)c2)cc(OC)c1OC. The maximum Gasteiger partial charge on any atom is 0.230 e. The molecule has 1 N–H and O–H groups in total. The number of anilines is 2. The van der Waals surface area contributed by atoms with Crippen LogP contribution < -0.4 is 19.5 Å². The fourth-order valence-corrected chi connectivity index (χ4v) is 4.01. The number of thiophene rings is 1. The molecule has 0 bridgehead atoms. The smallest absolute Gasteiger partial charge is 0.230 e. The van der Waals surface area contributed by atoms with Crippen molar-refractivity contribution >= 4 is 33.3 Å². The van der Waals surface area contributed by atoms with E-state index in [1.807, 2.05) is 28.3 Å². The van der Waals surface area contributed by atoms with E-state index in [1.54, 1.807) is 39.0 Å². The Kier molecular flexibility index (Phi) is 5.45. The van der Waals surface area contributed by atoms with E-state index < -0.39 is 0 Å². The molecule has 156 valence electrons. The number of fused-ring (bicyclic) bond motifs is 1. The summed E-state index contributed by atoms with van der Waals surface area (Å²) >= 11 is 1.60. The highest BCUT2D eigenvalue weighted by Crippen LogP contribution is 2.39. The summed E-state index contributed by atoms with van der Waals surface area (Å²) in [6, 6.07) is 5.79. The number of rotatable bonds is 7. The normalized spacial score (nSPS) is 11.1. The maximum atomic E-state index is 5.44. The minimum atomic E-state index is 0.294. The van der Waals surface area contributed by atoms with Gasteiger partial charge >= 0.3 is 0 Å². The van der Waals surface area contributed by atoms with E-state index in [9.17, 15) is 0 Å². The molecule has 0 fully saturated rings. The first-order valence-corrected chi connectivity index (χ1v) is 10.3. The second-order valence-electron chi connectivity index (χ2n) is 6.90. The molecule has 1 aromatic carbocycles. The quantitative estimate of drug-likeness (QED) is 0.457. The third-order valence-corrected chi connectivity index (χ3v) is 5.48. The Balaban J connectivity index is 1.66. The molecule has 4 rings (SSSR count). The van der Waals surface area contributed by atoms with Crippen LogP contribution in [-0.4, -0.2) is 40.8 Å². The second-order valence-corrected chi connectivity index (χ2v) is 7.80. The largest absolute Gasteiger partial charge is 0.493 e. The number of nitrogens with one attached hydrogen (secondary N) is 1. The summed E-state index contributed by atoms with van der Waals surface area (Å²) in [4.78, 5) is 14.7. The van der Waals surface area contributed by atoms with Crippen molar-refractivity contribution < 1.29 is 14.2 Å². The Bertz CT molecular complexity index is 1160. The van der Waals surface area contributed by atoms with Crippen molar-refractivity contribution in [3.05, 3.63) is 41.8 Å². The summed E-state index contributed by atoms with van der Waals surface area (Å²) in [5, 5.41) is 6.35. The van der Waals surface area contributed by atoms with Gasteiger partial charge in [-0.2, -0.15) is 0 Å². The predicted molar refractivity (Wildman–Crippen MR) is 118 cm³/mol. The third-order valence-electron chi connectivity index (χ3n) is 4.67. The van der Waals surface area contributed by atoms with Crippen LogP contribution in [0.4, 0.5) is 11.8 Å². The van der Waals surface area contributed by atoms with E-state index in [4.69, 9.17) is 19.2 Å². The van der Waals surface area contributed by atoms with Gasteiger partial charge < -0.3 is 24.1 Å². The minimum Gasteiger partial charge on any atom is -0.493 e. The Morgan fingerprint density at radius 3 is 2.40 bits per heavy atom. The molecule has 3 aromatic heterocycles. The van der Waals surface area contributed by atoms with Crippen LogP contribution in [0, 0.1) is 0 Å². The number of methoxy groups -OCH3 is 3. The maximum absolute atomic E-state index is 5.44. The average Bonchev–Trinajstić information content (AvgIpc) is 3.41. The Morgan fingerprint density at radius 2 is 1.77 bits per heavy atom. The molecule has 0 radical (unpaired) electrons. The average molecular weight is 426 g/mol. The summed E-state index contributed by atoms with van der Waals surface area (Å²) < 4.78 is 18.1. The predicted octanol–water partition coefficient (Wildman–Crippen LogP) is 4.77. The molecule has 0 spiro atoms. The van der Waals surface area contributed by atoms with Gasteiger partial charge in [0.25, 0.3) is 0 Å².